The summed E-state index contributed by atoms with van der Waals surface area (Å²) in [5.41, 5.74) is 1.89. The Morgan fingerprint density at radius 3 is 2.50 bits per heavy atom. The smallest absolute Gasteiger partial charge is 0.119 e. The van der Waals surface area contributed by atoms with Crippen LogP contribution in [0.25, 0.3) is 0 Å². The lowest BCUT2D eigenvalue weighted by Gasteiger charge is -2.02. The third-order valence-corrected chi connectivity index (χ3v) is 1.72. The van der Waals surface area contributed by atoms with Gasteiger partial charge in [-0.15, -0.1) is 0 Å². The van der Waals surface area contributed by atoms with Crippen molar-refractivity contribution in [2.75, 3.05) is 6.61 Å². The molecule has 0 aliphatic heterocycles. The molecule has 0 saturated heterocycles. The first-order valence-corrected chi connectivity index (χ1v) is 4.48. The molecular weight excluding hydrogens is 174 g/mol. The van der Waals surface area contributed by atoms with E-state index in [0.717, 1.165) is 5.75 Å². The predicted octanol–water partition coefficient (Wildman–Crippen LogP) is 2.90. The first kappa shape index (κ1) is 10.3. The van der Waals surface area contributed by atoms with E-state index in [1.165, 1.54) is 5.57 Å². The van der Waals surface area contributed by atoms with E-state index in [2.05, 4.69) is 6.07 Å². The lowest BCUT2D eigenvalue weighted by molar-refractivity contribution is 0.362. The van der Waals surface area contributed by atoms with Crippen molar-refractivity contribution in [3.63, 3.8) is 0 Å². The Kier molecular flexibility index (Phi) is 3.75. The highest BCUT2D eigenvalue weighted by Crippen LogP contribution is 2.11. The zero-order valence-corrected chi connectivity index (χ0v) is 8.45. The molecule has 1 aromatic carbocycles. The first-order chi connectivity index (χ1) is 6.72. The van der Waals surface area contributed by atoms with Gasteiger partial charge in [-0.1, -0.05) is 5.57 Å². The summed E-state index contributed by atoms with van der Waals surface area (Å²) in [6.45, 7) is 4.64. The van der Waals surface area contributed by atoms with E-state index in [-0.39, 0.29) is 0 Å². The van der Waals surface area contributed by atoms with E-state index in [1.54, 1.807) is 24.3 Å². The number of nitriles is 1. The van der Waals surface area contributed by atoms with Gasteiger partial charge in [-0.2, -0.15) is 5.26 Å². The maximum absolute atomic E-state index is 8.58. The molecule has 1 aromatic rings. The van der Waals surface area contributed by atoms with Gasteiger partial charge in [-0.3, -0.25) is 0 Å². The van der Waals surface area contributed by atoms with Crippen LogP contribution in [0.5, 0.6) is 5.75 Å². The van der Waals surface area contributed by atoms with Crippen molar-refractivity contribution in [3.05, 3.63) is 41.5 Å². The fraction of sp³-hybridized carbons (Fsp3) is 0.250. The Hall–Kier alpha value is -1.75. The van der Waals surface area contributed by atoms with Crippen molar-refractivity contribution in [1.29, 1.82) is 5.26 Å². The summed E-state index contributed by atoms with van der Waals surface area (Å²) in [7, 11) is 0. The highest BCUT2D eigenvalue weighted by atomic mass is 16.5. The highest BCUT2D eigenvalue weighted by molar-refractivity contribution is 5.34. The molecule has 72 valence electrons. The molecule has 14 heavy (non-hydrogen) atoms. The van der Waals surface area contributed by atoms with Gasteiger partial charge in [0.25, 0.3) is 0 Å². The van der Waals surface area contributed by atoms with Crippen LogP contribution in [0.2, 0.25) is 0 Å². The number of ether oxygens (including phenoxy) is 1. The average Bonchev–Trinajstić information content (AvgIpc) is 2.18. The van der Waals surface area contributed by atoms with Gasteiger partial charge >= 0.3 is 0 Å². The van der Waals surface area contributed by atoms with Gasteiger partial charge in [-0.25, -0.2) is 0 Å². The fourth-order valence-corrected chi connectivity index (χ4v) is 0.930. The minimum absolute atomic E-state index is 0.578. The van der Waals surface area contributed by atoms with Crippen LogP contribution in [0.15, 0.2) is 35.9 Å². The summed E-state index contributed by atoms with van der Waals surface area (Å²) in [4.78, 5) is 0. The summed E-state index contributed by atoms with van der Waals surface area (Å²) < 4.78 is 5.43. The second-order valence-electron chi connectivity index (χ2n) is 3.23. The maximum atomic E-state index is 8.58. The first-order valence-electron chi connectivity index (χ1n) is 4.48. The fourth-order valence-electron chi connectivity index (χ4n) is 0.930. The van der Waals surface area contributed by atoms with Gasteiger partial charge in [-0.05, 0) is 44.2 Å². The van der Waals surface area contributed by atoms with Gasteiger partial charge in [0.1, 0.15) is 12.4 Å². The number of hydrogen-bond acceptors (Lipinski definition) is 2. The van der Waals surface area contributed by atoms with Gasteiger partial charge in [0.2, 0.25) is 0 Å². The molecule has 0 fully saturated rings. The number of allylic oxidation sites excluding steroid dienone is 1. The van der Waals surface area contributed by atoms with E-state index in [0.29, 0.717) is 12.2 Å². The summed E-state index contributed by atoms with van der Waals surface area (Å²) >= 11 is 0. The predicted molar refractivity (Wildman–Crippen MR) is 56.1 cm³/mol. The van der Waals surface area contributed by atoms with Crippen LogP contribution in [0.4, 0.5) is 0 Å². The molecular formula is C12H13NO. The van der Waals surface area contributed by atoms with Crippen molar-refractivity contribution < 1.29 is 4.74 Å². The lowest BCUT2D eigenvalue weighted by atomic mass is 10.2. The molecule has 2 heteroatoms. The van der Waals surface area contributed by atoms with Gasteiger partial charge in [0.05, 0.1) is 11.6 Å². The van der Waals surface area contributed by atoms with Gasteiger partial charge < -0.3 is 4.74 Å². The Morgan fingerprint density at radius 1 is 1.36 bits per heavy atom. The summed E-state index contributed by atoms with van der Waals surface area (Å²) in [5, 5.41) is 8.58. The molecule has 0 unspecified atom stereocenters. The molecule has 0 spiro atoms. The van der Waals surface area contributed by atoms with Crippen molar-refractivity contribution in [3.8, 4) is 11.8 Å². The van der Waals surface area contributed by atoms with Crippen molar-refractivity contribution in [2.24, 2.45) is 0 Å². The van der Waals surface area contributed by atoms with Crippen LogP contribution in [0.1, 0.15) is 19.4 Å². The second-order valence-corrected chi connectivity index (χ2v) is 3.23. The Morgan fingerprint density at radius 2 is 2.00 bits per heavy atom. The molecule has 0 aliphatic carbocycles. The summed E-state index contributed by atoms with van der Waals surface area (Å²) in [6, 6.07) is 9.16. The average molecular weight is 187 g/mol. The molecule has 0 heterocycles. The zero-order valence-electron chi connectivity index (χ0n) is 8.45. The van der Waals surface area contributed by atoms with E-state index in [9.17, 15) is 0 Å². The molecule has 1 rings (SSSR count). The third-order valence-electron chi connectivity index (χ3n) is 1.72. The standard InChI is InChI=1S/C12H13NO/c1-10(2)7-8-14-12-5-3-11(9-13)4-6-12/h3-7H,8H2,1-2H3. The Labute approximate surface area is 84.4 Å². The second kappa shape index (κ2) is 5.08. The molecule has 0 amide bonds. The van der Waals surface area contributed by atoms with Crippen molar-refractivity contribution >= 4 is 0 Å². The van der Waals surface area contributed by atoms with Crippen LogP contribution < -0.4 is 4.74 Å². The SMILES string of the molecule is CC(C)=CCOc1ccc(C#N)cc1. The molecule has 0 atom stereocenters. The van der Waals surface area contributed by atoms with Crippen LogP contribution in [-0.4, -0.2) is 6.61 Å². The normalized spacial score (nSPS) is 8.93. The minimum Gasteiger partial charge on any atom is -0.490 e. The zero-order chi connectivity index (χ0) is 10.4. The van der Waals surface area contributed by atoms with Crippen molar-refractivity contribution in [1.82, 2.24) is 0 Å². The highest BCUT2D eigenvalue weighted by Gasteiger charge is 1.92. The van der Waals surface area contributed by atoms with Crippen LogP contribution in [-0.2, 0) is 0 Å². The molecule has 0 radical (unpaired) electrons. The molecule has 0 aromatic heterocycles. The van der Waals surface area contributed by atoms with Crippen LogP contribution in [0.3, 0.4) is 0 Å². The number of benzene rings is 1. The third kappa shape index (κ3) is 3.32. The van der Waals surface area contributed by atoms with E-state index in [4.69, 9.17) is 10.00 Å². The molecule has 0 bridgehead atoms. The molecule has 0 saturated carbocycles. The largest absolute Gasteiger partial charge is 0.490 e. The molecule has 2 nitrogen and oxygen atoms in total. The monoisotopic (exact) mass is 187 g/mol. The summed E-state index contributed by atoms with van der Waals surface area (Å²) in [5.74, 6) is 0.793. The number of hydrogen-bond donors (Lipinski definition) is 0. The molecule has 0 aliphatic rings. The quantitative estimate of drug-likeness (QED) is 0.681. The van der Waals surface area contributed by atoms with E-state index in [1.807, 2.05) is 19.9 Å². The Bertz CT molecular complexity index is 353. The van der Waals surface area contributed by atoms with E-state index >= 15 is 0 Å². The minimum atomic E-state index is 0.578. The van der Waals surface area contributed by atoms with Gasteiger partial charge in [0.15, 0.2) is 0 Å². The van der Waals surface area contributed by atoms with Crippen LogP contribution in [0, 0.1) is 11.3 Å². The Balaban J connectivity index is 2.53. The van der Waals surface area contributed by atoms with Crippen LogP contribution >= 0.6 is 0 Å². The van der Waals surface area contributed by atoms with E-state index < -0.39 is 0 Å². The summed E-state index contributed by atoms with van der Waals surface area (Å²) in [6.07, 6.45) is 2.01. The lowest BCUT2D eigenvalue weighted by Crippen LogP contribution is -1.93. The number of nitrogens with zero attached hydrogens (tertiary/aromatic N) is 1. The topological polar surface area (TPSA) is 33.0 Å². The maximum Gasteiger partial charge on any atom is 0.119 e. The van der Waals surface area contributed by atoms with Gasteiger partial charge in [0, 0.05) is 0 Å². The molecule has 0 N–H and O–H groups in total. The van der Waals surface area contributed by atoms with Crippen molar-refractivity contribution in [2.45, 2.75) is 13.8 Å². The number of rotatable bonds is 3.